The van der Waals surface area contributed by atoms with E-state index < -0.39 is 27.7 Å². The molecule has 0 bridgehead atoms. The number of halogens is 1. The number of amides is 1. The molecule has 0 aliphatic rings. The summed E-state index contributed by atoms with van der Waals surface area (Å²) in [6.45, 7) is 5.63. The van der Waals surface area contributed by atoms with Crippen LogP contribution in [0.5, 0.6) is 0 Å². The molecule has 0 N–H and O–H groups in total. The van der Waals surface area contributed by atoms with Gasteiger partial charge in [0.2, 0.25) is 0 Å². The van der Waals surface area contributed by atoms with Gasteiger partial charge in [-0.15, -0.1) is 3.89 Å². The van der Waals surface area contributed by atoms with Crippen LogP contribution in [0.3, 0.4) is 0 Å². The summed E-state index contributed by atoms with van der Waals surface area (Å²) in [6, 6.07) is 9.24. The van der Waals surface area contributed by atoms with Gasteiger partial charge in [-0.05, 0) is 32.8 Å². The molecule has 0 atom stereocenters. The van der Waals surface area contributed by atoms with Crippen molar-refractivity contribution in [2.75, 3.05) is 12.3 Å². The van der Waals surface area contributed by atoms with Gasteiger partial charge in [-0.1, -0.05) is 30.3 Å². The first-order chi connectivity index (χ1) is 10.1. The summed E-state index contributed by atoms with van der Waals surface area (Å²) >= 11 is 0. The summed E-state index contributed by atoms with van der Waals surface area (Å²) in [6.07, 6.45) is -0.530. The molecule has 124 valence electrons. The summed E-state index contributed by atoms with van der Waals surface area (Å²) in [5.41, 5.74) is 0.231. The molecule has 0 unspecified atom stereocenters. The van der Waals surface area contributed by atoms with E-state index in [0.717, 1.165) is 5.56 Å². The summed E-state index contributed by atoms with van der Waals surface area (Å²) < 4.78 is 39.0. The minimum Gasteiger partial charge on any atom is -0.444 e. The van der Waals surface area contributed by atoms with E-state index in [-0.39, 0.29) is 19.5 Å². The molecule has 0 aromatic heterocycles. The van der Waals surface area contributed by atoms with Crippen molar-refractivity contribution in [2.24, 2.45) is 0 Å². The molecule has 1 rings (SSSR count). The summed E-state index contributed by atoms with van der Waals surface area (Å²) in [5.74, 6) is -0.610. The summed E-state index contributed by atoms with van der Waals surface area (Å²) in [7, 11) is -4.53. The van der Waals surface area contributed by atoms with E-state index in [0.29, 0.717) is 0 Å². The fourth-order valence-corrected chi connectivity index (χ4v) is 2.27. The zero-order valence-corrected chi connectivity index (χ0v) is 13.9. The van der Waals surface area contributed by atoms with Crippen LogP contribution in [0, 0.1) is 0 Å². The highest BCUT2D eigenvalue weighted by atomic mass is 32.3. The van der Waals surface area contributed by atoms with Crippen LogP contribution >= 0.6 is 0 Å². The SMILES string of the molecule is CC(C)(C)OC(=O)N(CCCS(=O)(=O)F)Cc1ccccc1. The molecule has 0 aliphatic carbocycles. The van der Waals surface area contributed by atoms with Gasteiger partial charge in [0.1, 0.15) is 5.60 Å². The Morgan fingerprint density at radius 3 is 2.32 bits per heavy atom. The number of benzene rings is 1. The zero-order valence-electron chi connectivity index (χ0n) is 13.1. The Kier molecular flexibility index (Phi) is 6.34. The van der Waals surface area contributed by atoms with Gasteiger partial charge in [0.05, 0.1) is 5.75 Å². The number of ether oxygens (including phenoxy) is 1. The van der Waals surface area contributed by atoms with E-state index in [1.807, 2.05) is 30.3 Å². The Morgan fingerprint density at radius 1 is 1.23 bits per heavy atom. The number of carbonyl (C=O) groups is 1. The van der Waals surface area contributed by atoms with E-state index in [9.17, 15) is 17.1 Å². The van der Waals surface area contributed by atoms with Crippen molar-refractivity contribution in [1.82, 2.24) is 4.90 Å². The van der Waals surface area contributed by atoms with Crippen molar-refractivity contribution in [1.29, 1.82) is 0 Å². The molecule has 0 aliphatic heterocycles. The van der Waals surface area contributed by atoms with Gasteiger partial charge in [0, 0.05) is 13.1 Å². The first-order valence-electron chi connectivity index (χ1n) is 7.01. The molecule has 1 aromatic rings. The molecule has 0 saturated heterocycles. The van der Waals surface area contributed by atoms with Crippen molar-refractivity contribution in [3.8, 4) is 0 Å². The Balaban J connectivity index is 2.74. The Labute approximate surface area is 131 Å². The third-order valence-corrected chi connectivity index (χ3v) is 3.46. The highest BCUT2D eigenvalue weighted by molar-refractivity contribution is 7.86. The topological polar surface area (TPSA) is 63.7 Å². The summed E-state index contributed by atoms with van der Waals surface area (Å²) in [4.78, 5) is 13.6. The first-order valence-corrected chi connectivity index (χ1v) is 8.56. The maximum Gasteiger partial charge on any atom is 0.410 e. The standard InChI is InChI=1S/C15H22FNO4S/c1-15(2,3)21-14(18)17(10-7-11-22(16,19)20)12-13-8-5-4-6-9-13/h4-6,8-9H,7,10-12H2,1-3H3. The highest BCUT2D eigenvalue weighted by Gasteiger charge is 2.22. The average Bonchev–Trinajstić information content (AvgIpc) is 2.35. The molecule has 22 heavy (non-hydrogen) atoms. The van der Waals surface area contributed by atoms with E-state index >= 15 is 0 Å². The second-order valence-electron chi connectivity index (χ2n) is 5.98. The molecular weight excluding hydrogens is 309 g/mol. The lowest BCUT2D eigenvalue weighted by Crippen LogP contribution is -2.37. The number of rotatable bonds is 6. The minimum atomic E-state index is -4.53. The second kappa shape index (κ2) is 7.58. The largest absolute Gasteiger partial charge is 0.444 e. The van der Waals surface area contributed by atoms with Crippen LogP contribution in [0.15, 0.2) is 30.3 Å². The van der Waals surface area contributed by atoms with Crippen LogP contribution in [-0.2, 0) is 21.5 Å². The third kappa shape index (κ3) is 7.97. The van der Waals surface area contributed by atoms with E-state index in [4.69, 9.17) is 4.74 Å². The predicted molar refractivity (Wildman–Crippen MR) is 82.6 cm³/mol. The van der Waals surface area contributed by atoms with Crippen LogP contribution in [-0.4, -0.2) is 37.3 Å². The van der Waals surface area contributed by atoms with Crippen LogP contribution in [0.4, 0.5) is 8.68 Å². The van der Waals surface area contributed by atoms with Crippen molar-refractivity contribution in [3.05, 3.63) is 35.9 Å². The van der Waals surface area contributed by atoms with Crippen LogP contribution in [0.2, 0.25) is 0 Å². The number of hydrogen-bond donors (Lipinski definition) is 0. The lowest BCUT2D eigenvalue weighted by molar-refractivity contribution is 0.0234. The van der Waals surface area contributed by atoms with E-state index in [2.05, 4.69) is 0 Å². The second-order valence-corrected chi connectivity index (χ2v) is 7.47. The quantitative estimate of drug-likeness (QED) is 0.751. The predicted octanol–water partition coefficient (Wildman–Crippen LogP) is 3.11. The van der Waals surface area contributed by atoms with Gasteiger partial charge in [0.25, 0.3) is 0 Å². The van der Waals surface area contributed by atoms with Gasteiger partial charge in [0.15, 0.2) is 0 Å². The van der Waals surface area contributed by atoms with Gasteiger partial charge < -0.3 is 9.64 Å². The Bertz CT molecular complexity index is 581. The molecule has 0 spiro atoms. The Morgan fingerprint density at radius 2 is 1.82 bits per heavy atom. The molecule has 1 amide bonds. The zero-order chi connectivity index (χ0) is 16.8. The lowest BCUT2D eigenvalue weighted by atomic mass is 10.2. The van der Waals surface area contributed by atoms with Crippen molar-refractivity contribution in [2.45, 2.75) is 39.3 Å². The van der Waals surface area contributed by atoms with Crippen molar-refractivity contribution < 1.29 is 21.8 Å². The van der Waals surface area contributed by atoms with E-state index in [1.54, 1.807) is 20.8 Å². The van der Waals surface area contributed by atoms with Gasteiger partial charge in [-0.2, -0.15) is 8.42 Å². The normalized spacial score (nSPS) is 12.0. The molecule has 0 heterocycles. The van der Waals surface area contributed by atoms with Crippen molar-refractivity contribution >= 4 is 16.3 Å². The van der Waals surface area contributed by atoms with Crippen molar-refractivity contribution in [3.63, 3.8) is 0 Å². The van der Waals surface area contributed by atoms with E-state index in [1.165, 1.54) is 4.90 Å². The minimum absolute atomic E-state index is 0.0188. The van der Waals surface area contributed by atoms with Gasteiger partial charge in [-0.25, -0.2) is 4.79 Å². The first kappa shape index (κ1) is 18.4. The fourth-order valence-electron chi connectivity index (χ4n) is 1.79. The molecule has 1 aromatic carbocycles. The number of carbonyl (C=O) groups excluding carboxylic acids is 1. The number of hydrogen-bond acceptors (Lipinski definition) is 4. The fraction of sp³-hybridized carbons (Fsp3) is 0.533. The average molecular weight is 331 g/mol. The monoisotopic (exact) mass is 331 g/mol. The van der Waals surface area contributed by atoms with Crippen LogP contribution < -0.4 is 0 Å². The molecule has 7 heteroatoms. The molecule has 0 fully saturated rings. The van der Waals surface area contributed by atoms with Crippen LogP contribution in [0.1, 0.15) is 32.8 Å². The molecule has 0 saturated carbocycles. The maximum atomic E-state index is 12.6. The third-order valence-electron chi connectivity index (χ3n) is 2.68. The molecular formula is C15H22FNO4S. The molecule has 5 nitrogen and oxygen atoms in total. The lowest BCUT2D eigenvalue weighted by Gasteiger charge is -2.27. The number of nitrogens with zero attached hydrogens (tertiary/aromatic N) is 1. The van der Waals surface area contributed by atoms with Gasteiger partial charge >= 0.3 is 16.3 Å². The van der Waals surface area contributed by atoms with Gasteiger partial charge in [-0.3, -0.25) is 0 Å². The maximum absolute atomic E-state index is 12.6. The Hall–Kier alpha value is -1.63. The smallest absolute Gasteiger partial charge is 0.410 e. The van der Waals surface area contributed by atoms with Crippen LogP contribution in [0.25, 0.3) is 0 Å². The molecule has 0 radical (unpaired) electrons. The highest BCUT2D eigenvalue weighted by Crippen LogP contribution is 2.13. The summed E-state index contributed by atoms with van der Waals surface area (Å²) in [5, 5.41) is 0.